The highest BCUT2D eigenvalue weighted by Crippen LogP contribution is 2.30. The summed E-state index contributed by atoms with van der Waals surface area (Å²) in [6.45, 7) is 1.78. The molecule has 1 aromatic rings. The van der Waals surface area contributed by atoms with E-state index in [-0.39, 0.29) is 0 Å². The highest BCUT2D eigenvalue weighted by Gasteiger charge is 2.18. The lowest BCUT2D eigenvalue weighted by Crippen LogP contribution is -2.13. The van der Waals surface area contributed by atoms with Gasteiger partial charge in [-0.05, 0) is 12.8 Å². The van der Waals surface area contributed by atoms with Crippen molar-refractivity contribution >= 4 is 17.2 Å². The molecule has 2 rings (SSSR count). The van der Waals surface area contributed by atoms with Gasteiger partial charge in [0.05, 0.1) is 5.01 Å². The highest BCUT2D eigenvalue weighted by atomic mass is 32.1. The van der Waals surface area contributed by atoms with Crippen molar-refractivity contribution in [2.45, 2.75) is 18.8 Å². The normalized spacial score (nSPS) is 18.8. The van der Waals surface area contributed by atoms with Gasteiger partial charge in [0.1, 0.15) is 5.82 Å². The second kappa shape index (κ2) is 4.07. The second-order valence-corrected chi connectivity index (χ2v) is 4.10. The largest absolute Gasteiger partial charge is 0.381 e. The van der Waals surface area contributed by atoms with Gasteiger partial charge in [-0.1, -0.05) is 0 Å². The lowest BCUT2D eigenvalue weighted by molar-refractivity contribution is 0.0853. The molecule has 3 nitrogen and oxygen atoms in total. The monoisotopic (exact) mass is 198 g/mol. The molecule has 1 fully saturated rings. The Morgan fingerprint density at radius 3 is 2.92 bits per heavy atom. The molecule has 0 saturated carbocycles. The minimum absolute atomic E-state index is 0.626. The predicted molar refractivity (Wildman–Crippen MR) is 54.5 cm³/mol. The molecule has 1 aromatic heterocycles. The van der Waals surface area contributed by atoms with E-state index in [2.05, 4.69) is 15.7 Å². The van der Waals surface area contributed by atoms with Crippen LogP contribution in [0.2, 0.25) is 0 Å². The van der Waals surface area contributed by atoms with Crippen LogP contribution in [0.4, 0.5) is 5.82 Å². The Hall–Kier alpha value is -0.610. The summed E-state index contributed by atoms with van der Waals surface area (Å²) in [6.07, 6.45) is 2.24. The Kier molecular flexibility index (Phi) is 2.80. The summed E-state index contributed by atoms with van der Waals surface area (Å²) in [6, 6.07) is 0. The topological polar surface area (TPSA) is 34.1 Å². The summed E-state index contributed by atoms with van der Waals surface area (Å²) in [5, 5.41) is 6.39. The lowest BCUT2D eigenvalue weighted by atomic mass is 10.0. The molecule has 2 heterocycles. The van der Waals surface area contributed by atoms with E-state index >= 15 is 0 Å². The maximum absolute atomic E-state index is 5.32. The van der Waals surface area contributed by atoms with Crippen LogP contribution in [0.3, 0.4) is 0 Å². The molecule has 0 amide bonds. The number of aromatic nitrogens is 1. The Morgan fingerprint density at radius 1 is 1.54 bits per heavy atom. The summed E-state index contributed by atoms with van der Waals surface area (Å²) < 4.78 is 5.32. The maximum Gasteiger partial charge on any atom is 0.137 e. The summed E-state index contributed by atoms with van der Waals surface area (Å²) >= 11 is 1.75. The Balaban J connectivity index is 2.05. The first kappa shape index (κ1) is 8.97. The lowest BCUT2D eigenvalue weighted by Gasteiger charge is -2.19. The first-order chi connectivity index (χ1) is 6.40. The predicted octanol–water partition coefficient (Wildman–Crippen LogP) is 2.08. The van der Waals surface area contributed by atoms with Crippen molar-refractivity contribution in [2.75, 3.05) is 25.6 Å². The standard InChI is InChI=1S/C9H14N2OS/c1-10-8-6-13-9(11-8)7-2-4-12-5-3-7/h6-7,10H,2-5H2,1H3. The average Bonchev–Trinajstić information content (AvgIpc) is 2.67. The van der Waals surface area contributed by atoms with Crippen molar-refractivity contribution < 1.29 is 4.74 Å². The fraction of sp³-hybridized carbons (Fsp3) is 0.667. The minimum Gasteiger partial charge on any atom is -0.381 e. The van der Waals surface area contributed by atoms with Gasteiger partial charge in [0.15, 0.2) is 0 Å². The number of nitrogens with one attached hydrogen (secondary N) is 1. The summed E-state index contributed by atoms with van der Waals surface area (Å²) in [5.74, 6) is 1.62. The smallest absolute Gasteiger partial charge is 0.137 e. The van der Waals surface area contributed by atoms with E-state index in [0.717, 1.165) is 31.9 Å². The molecule has 0 spiro atoms. The molecule has 13 heavy (non-hydrogen) atoms. The molecule has 1 aliphatic heterocycles. The van der Waals surface area contributed by atoms with Gasteiger partial charge in [0.2, 0.25) is 0 Å². The van der Waals surface area contributed by atoms with E-state index < -0.39 is 0 Å². The summed E-state index contributed by atoms with van der Waals surface area (Å²) in [7, 11) is 1.91. The van der Waals surface area contributed by atoms with Crippen molar-refractivity contribution in [3.05, 3.63) is 10.4 Å². The zero-order valence-electron chi connectivity index (χ0n) is 7.75. The van der Waals surface area contributed by atoms with Gasteiger partial charge in [-0.3, -0.25) is 0 Å². The second-order valence-electron chi connectivity index (χ2n) is 3.21. The SMILES string of the molecule is CNc1csc(C2CCOCC2)n1. The van der Waals surface area contributed by atoms with Crippen molar-refractivity contribution in [2.24, 2.45) is 0 Å². The number of anilines is 1. The number of nitrogens with zero attached hydrogens (tertiary/aromatic N) is 1. The first-order valence-corrected chi connectivity index (χ1v) is 5.49. The number of hydrogen-bond donors (Lipinski definition) is 1. The molecule has 0 aliphatic carbocycles. The van der Waals surface area contributed by atoms with Crippen LogP contribution in [0.5, 0.6) is 0 Å². The fourth-order valence-electron chi connectivity index (χ4n) is 1.53. The number of hydrogen-bond acceptors (Lipinski definition) is 4. The van der Waals surface area contributed by atoms with Crippen molar-refractivity contribution in [3.63, 3.8) is 0 Å². The number of rotatable bonds is 2. The van der Waals surface area contributed by atoms with Crippen molar-refractivity contribution in [1.82, 2.24) is 4.98 Å². The van der Waals surface area contributed by atoms with Crippen LogP contribution in [-0.2, 0) is 4.74 Å². The van der Waals surface area contributed by atoms with Crippen LogP contribution < -0.4 is 5.32 Å². The van der Waals surface area contributed by atoms with Crippen LogP contribution in [0.1, 0.15) is 23.8 Å². The third-order valence-corrected chi connectivity index (χ3v) is 3.36. The molecular weight excluding hydrogens is 184 g/mol. The van der Waals surface area contributed by atoms with E-state index in [1.807, 2.05) is 7.05 Å². The van der Waals surface area contributed by atoms with E-state index in [0.29, 0.717) is 5.92 Å². The third kappa shape index (κ3) is 2.00. The summed E-state index contributed by atoms with van der Waals surface area (Å²) in [5.41, 5.74) is 0. The maximum atomic E-state index is 5.32. The van der Waals surface area contributed by atoms with Crippen LogP contribution in [0.15, 0.2) is 5.38 Å². The zero-order chi connectivity index (χ0) is 9.10. The first-order valence-electron chi connectivity index (χ1n) is 4.61. The van der Waals surface area contributed by atoms with Gasteiger partial charge in [0.25, 0.3) is 0 Å². The van der Waals surface area contributed by atoms with Gasteiger partial charge in [-0.15, -0.1) is 11.3 Å². The Bertz CT molecular complexity index is 268. The minimum atomic E-state index is 0.626. The zero-order valence-corrected chi connectivity index (χ0v) is 8.56. The number of thiazole rings is 1. The van der Waals surface area contributed by atoms with Gasteiger partial charge in [-0.25, -0.2) is 4.98 Å². The molecule has 1 N–H and O–H groups in total. The molecule has 0 unspecified atom stereocenters. The molecule has 0 atom stereocenters. The van der Waals surface area contributed by atoms with Gasteiger partial charge in [-0.2, -0.15) is 0 Å². The van der Waals surface area contributed by atoms with Crippen LogP contribution in [0, 0.1) is 0 Å². The average molecular weight is 198 g/mol. The van der Waals surface area contributed by atoms with Gasteiger partial charge in [0, 0.05) is 31.6 Å². The van der Waals surface area contributed by atoms with E-state index in [1.54, 1.807) is 11.3 Å². The van der Waals surface area contributed by atoms with Crippen molar-refractivity contribution in [3.8, 4) is 0 Å². The molecule has 1 saturated heterocycles. The van der Waals surface area contributed by atoms with Crippen LogP contribution >= 0.6 is 11.3 Å². The fourth-order valence-corrected chi connectivity index (χ4v) is 2.52. The van der Waals surface area contributed by atoms with Crippen molar-refractivity contribution in [1.29, 1.82) is 0 Å². The number of ether oxygens (including phenoxy) is 1. The quantitative estimate of drug-likeness (QED) is 0.790. The third-order valence-electron chi connectivity index (χ3n) is 2.35. The van der Waals surface area contributed by atoms with E-state index in [9.17, 15) is 0 Å². The molecule has 0 bridgehead atoms. The molecule has 0 radical (unpaired) electrons. The van der Waals surface area contributed by atoms with Gasteiger partial charge < -0.3 is 10.1 Å². The molecule has 0 aromatic carbocycles. The molecule has 1 aliphatic rings. The highest BCUT2D eigenvalue weighted by molar-refractivity contribution is 7.10. The van der Waals surface area contributed by atoms with Crippen LogP contribution in [-0.4, -0.2) is 25.2 Å². The molecule has 4 heteroatoms. The van der Waals surface area contributed by atoms with E-state index in [4.69, 9.17) is 4.74 Å². The van der Waals surface area contributed by atoms with Gasteiger partial charge >= 0.3 is 0 Å². The Morgan fingerprint density at radius 2 is 2.31 bits per heavy atom. The van der Waals surface area contributed by atoms with Crippen LogP contribution in [0.25, 0.3) is 0 Å². The van der Waals surface area contributed by atoms with E-state index in [1.165, 1.54) is 5.01 Å². The molecular formula is C9H14N2OS. The Labute approximate surface area is 82.1 Å². The molecule has 72 valence electrons. The summed E-state index contributed by atoms with van der Waals surface area (Å²) in [4.78, 5) is 4.50.